The highest BCUT2D eigenvalue weighted by Crippen LogP contribution is 2.32. The van der Waals surface area contributed by atoms with Crippen molar-refractivity contribution in [3.05, 3.63) is 37.9 Å². The second kappa shape index (κ2) is 8.06. The van der Waals surface area contributed by atoms with Gasteiger partial charge in [-0.3, -0.25) is 10.1 Å². The Morgan fingerprint density at radius 3 is 1.91 bits per heavy atom. The Hall–Kier alpha value is -1.95. The number of hydrogen-bond donors (Lipinski definition) is 0. The monoisotopic (exact) mass is 322 g/mol. The van der Waals surface area contributed by atoms with Crippen LogP contribution in [0.2, 0.25) is 0 Å². The molecule has 0 spiro atoms. The number of benzene rings is 1. The first kappa shape index (κ1) is 19.1. The van der Waals surface area contributed by atoms with E-state index in [1.54, 1.807) is 27.7 Å². The SMILES string of the molecule is CCN(CC)CCOC(=O)c1c(C)c(C)c([N+](=O)[O-])c(C)c1C. The van der Waals surface area contributed by atoms with Gasteiger partial charge in [0.25, 0.3) is 5.69 Å². The van der Waals surface area contributed by atoms with Gasteiger partial charge in [-0.15, -0.1) is 0 Å². The highest BCUT2D eigenvalue weighted by Gasteiger charge is 2.26. The number of hydrogen-bond acceptors (Lipinski definition) is 5. The van der Waals surface area contributed by atoms with E-state index in [1.807, 2.05) is 0 Å². The van der Waals surface area contributed by atoms with Crippen molar-refractivity contribution in [2.75, 3.05) is 26.2 Å². The molecule has 1 rings (SSSR count). The Bertz CT molecular complexity index is 578. The van der Waals surface area contributed by atoms with Crippen molar-refractivity contribution in [2.24, 2.45) is 0 Å². The maximum Gasteiger partial charge on any atom is 0.338 e. The van der Waals surface area contributed by atoms with Crippen LogP contribution in [-0.4, -0.2) is 42.0 Å². The van der Waals surface area contributed by atoms with Gasteiger partial charge >= 0.3 is 5.97 Å². The van der Waals surface area contributed by atoms with Gasteiger partial charge in [0.2, 0.25) is 0 Å². The van der Waals surface area contributed by atoms with Crippen LogP contribution in [0.1, 0.15) is 46.5 Å². The summed E-state index contributed by atoms with van der Waals surface area (Å²) in [4.78, 5) is 25.4. The second-order valence-corrected chi connectivity index (χ2v) is 5.64. The molecule has 23 heavy (non-hydrogen) atoms. The molecule has 0 aromatic heterocycles. The van der Waals surface area contributed by atoms with Crippen molar-refractivity contribution >= 4 is 11.7 Å². The predicted octanol–water partition coefficient (Wildman–Crippen LogP) is 3.33. The summed E-state index contributed by atoms with van der Waals surface area (Å²) < 4.78 is 5.38. The minimum absolute atomic E-state index is 0.0830. The van der Waals surface area contributed by atoms with Crippen molar-refractivity contribution in [3.63, 3.8) is 0 Å². The fourth-order valence-electron chi connectivity index (χ4n) is 2.75. The van der Waals surface area contributed by atoms with Gasteiger partial charge in [-0.25, -0.2) is 4.79 Å². The maximum absolute atomic E-state index is 12.4. The number of carbonyl (C=O) groups excluding carboxylic acids is 1. The van der Waals surface area contributed by atoms with E-state index in [4.69, 9.17) is 4.74 Å². The number of rotatable bonds is 7. The smallest absolute Gasteiger partial charge is 0.338 e. The third kappa shape index (κ3) is 4.07. The van der Waals surface area contributed by atoms with Crippen LogP contribution in [0.4, 0.5) is 5.69 Å². The summed E-state index contributed by atoms with van der Waals surface area (Å²) in [7, 11) is 0. The minimum atomic E-state index is -0.409. The lowest BCUT2D eigenvalue weighted by atomic mass is 9.92. The topological polar surface area (TPSA) is 72.7 Å². The van der Waals surface area contributed by atoms with Gasteiger partial charge in [-0.05, 0) is 51.9 Å². The van der Waals surface area contributed by atoms with Gasteiger partial charge in [-0.1, -0.05) is 13.8 Å². The summed E-state index contributed by atoms with van der Waals surface area (Å²) in [5.74, 6) is -0.409. The molecule has 0 saturated carbocycles. The molecule has 0 N–H and O–H groups in total. The molecule has 0 aliphatic carbocycles. The van der Waals surface area contributed by atoms with E-state index in [9.17, 15) is 14.9 Å². The van der Waals surface area contributed by atoms with Crippen LogP contribution in [0.15, 0.2) is 0 Å². The number of nitro groups is 1. The summed E-state index contributed by atoms with van der Waals surface area (Å²) in [6.07, 6.45) is 0. The zero-order valence-corrected chi connectivity index (χ0v) is 14.9. The molecule has 0 saturated heterocycles. The van der Waals surface area contributed by atoms with Gasteiger partial charge in [-0.2, -0.15) is 0 Å². The van der Waals surface area contributed by atoms with Crippen LogP contribution in [0, 0.1) is 37.8 Å². The van der Waals surface area contributed by atoms with Gasteiger partial charge in [0.15, 0.2) is 0 Å². The average Bonchev–Trinajstić information content (AvgIpc) is 2.49. The largest absolute Gasteiger partial charge is 0.461 e. The molecule has 0 fully saturated rings. The van der Waals surface area contributed by atoms with Gasteiger partial charge in [0, 0.05) is 17.7 Å². The van der Waals surface area contributed by atoms with E-state index in [0.717, 1.165) is 13.1 Å². The Morgan fingerprint density at radius 2 is 1.52 bits per heavy atom. The Labute approximate surface area is 137 Å². The van der Waals surface area contributed by atoms with Crippen molar-refractivity contribution in [2.45, 2.75) is 41.5 Å². The van der Waals surface area contributed by atoms with E-state index in [0.29, 0.717) is 41.0 Å². The highest BCUT2D eigenvalue weighted by atomic mass is 16.6. The molecule has 1 aromatic carbocycles. The van der Waals surface area contributed by atoms with Crippen molar-refractivity contribution in [1.82, 2.24) is 4.90 Å². The molecular formula is C17H26N2O4. The number of carbonyl (C=O) groups is 1. The third-order valence-electron chi connectivity index (χ3n) is 4.51. The van der Waals surface area contributed by atoms with Crippen molar-refractivity contribution in [1.29, 1.82) is 0 Å². The number of likely N-dealkylation sites (N-methyl/N-ethyl adjacent to an activating group) is 1. The predicted molar refractivity (Wildman–Crippen MR) is 90.1 cm³/mol. The van der Waals surface area contributed by atoms with Gasteiger partial charge in [0.1, 0.15) is 6.61 Å². The number of esters is 1. The average molecular weight is 322 g/mol. The fraction of sp³-hybridized carbons (Fsp3) is 0.588. The first-order valence-corrected chi connectivity index (χ1v) is 7.90. The van der Waals surface area contributed by atoms with Crippen molar-refractivity contribution in [3.8, 4) is 0 Å². The number of ether oxygens (including phenoxy) is 1. The lowest BCUT2D eigenvalue weighted by molar-refractivity contribution is -0.386. The molecule has 0 unspecified atom stereocenters. The molecular weight excluding hydrogens is 296 g/mol. The van der Waals surface area contributed by atoms with E-state index in [-0.39, 0.29) is 10.6 Å². The lowest BCUT2D eigenvalue weighted by Crippen LogP contribution is -2.28. The zero-order chi connectivity index (χ0) is 17.7. The molecule has 0 atom stereocenters. The Morgan fingerprint density at radius 1 is 1.04 bits per heavy atom. The molecule has 0 heterocycles. The van der Waals surface area contributed by atoms with Crippen LogP contribution in [0.5, 0.6) is 0 Å². The van der Waals surface area contributed by atoms with E-state index < -0.39 is 5.97 Å². The minimum Gasteiger partial charge on any atom is -0.461 e. The van der Waals surface area contributed by atoms with Crippen molar-refractivity contribution < 1.29 is 14.5 Å². The van der Waals surface area contributed by atoms with E-state index in [2.05, 4.69) is 18.7 Å². The summed E-state index contributed by atoms with van der Waals surface area (Å²) in [5, 5.41) is 11.2. The molecule has 0 aliphatic heterocycles. The standard InChI is InChI=1S/C17H26N2O4/c1-7-18(8-2)9-10-23-17(20)15-11(3)13(5)16(19(21)22)14(6)12(15)4/h7-10H2,1-6H3. The van der Waals surface area contributed by atoms with Gasteiger partial charge in [0.05, 0.1) is 10.5 Å². The van der Waals surface area contributed by atoms with E-state index >= 15 is 0 Å². The van der Waals surface area contributed by atoms with Crippen LogP contribution in [0.25, 0.3) is 0 Å². The van der Waals surface area contributed by atoms with Crippen LogP contribution in [0.3, 0.4) is 0 Å². The molecule has 6 nitrogen and oxygen atoms in total. The summed E-state index contributed by atoms with van der Waals surface area (Å²) in [6.45, 7) is 13.7. The molecule has 1 aromatic rings. The second-order valence-electron chi connectivity index (χ2n) is 5.64. The summed E-state index contributed by atoms with van der Waals surface area (Å²) in [6, 6.07) is 0. The third-order valence-corrected chi connectivity index (χ3v) is 4.51. The molecule has 0 radical (unpaired) electrons. The highest BCUT2D eigenvalue weighted by molar-refractivity contribution is 5.94. The molecule has 128 valence electrons. The Kier molecular flexibility index (Phi) is 6.69. The normalized spacial score (nSPS) is 10.9. The van der Waals surface area contributed by atoms with Gasteiger partial charge < -0.3 is 9.64 Å². The first-order chi connectivity index (χ1) is 10.8. The molecule has 0 amide bonds. The molecule has 0 aliphatic rings. The quantitative estimate of drug-likeness (QED) is 0.437. The fourth-order valence-corrected chi connectivity index (χ4v) is 2.75. The maximum atomic E-state index is 12.4. The molecule has 6 heteroatoms. The summed E-state index contributed by atoms with van der Waals surface area (Å²) in [5.41, 5.74) is 2.81. The van der Waals surface area contributed by atoms with E-state index in [1.165, 1.54) is 0 Å². The number of nitrogens with zero attached hydrogens (tertiary/aromatic N) is 2. The zero-order valence-electron chi connectivity index (χ0n) is 14.9. The first-order valence-electron chi connectivity index (χ1n) is 7.90. The Balaban J connectivity index is 3.05. The van der Waals surface area contributed by atoms with Crippen LogP contribution < -0.4 is 0 Å². The van der Waals surface area contributed by atoms with Crippen LogP contribution in [-0.2, 0) is 4.74 Å². The number of nitro benzene ring substituents is 1. The lowest BCUT2D eigenvalue weighted by Gasteiger charge is -2.19. The van der Waals surface area contributed by atoms with Crippen LogP contribution >= 0.6 is 0 Å². The summed E-state index contributed by atoms with van der Waals surface area (Å²) >= 11 is 0. The molecule has 0 bridgehead atoms.